The molecule has 0 heterocycles. The smallest absolute Gasteiger partial charge is 0.216 e. The van der Waals surface area contributed by atoms with Gasteiger partial charge in [-0.25, -0.2) is 0 Å². The number of nitrogen functional groups attached to an aromatic ring is 1. The Morgan fingerprint density at radius 2 is 2.07 bits per heavy atom. The quantitative estimate of drug-likeness (QED) is 0.429. The number of carbonyl (C=O) groups is 1. The third kappa shape index (κ3) is 4.72. The van der Waals surface area contributed by atoms with Crippen molar-refractivity contribution in [1.82, 2.24) is 5.32 Å². The molecule has 3 nitrogen and oxygen atoms in total. The van der Waals surface area contributed by atoms with Crippen LogP contribution in [0.3, 0.4) is 0 Å². The summed E-state index contributed by atoms with van der Waals surface area (Å²) in [7, 11) is 0. The molecule has 0 aliphatic carbocycles. The summed E-state index contributed by atoms with van der Waals surface area (Å²) in [6.45, 7) is 2.09. The highest BCUT2D eigenvalue weighted by atomic mass is 16.1. The molecule has 0 aliphatic heterocycles. The fraction of sp³-hybridized carbons (Fsp3) is 0.250. The minimum atomic E-state index is -0.0238. The molecule has 15 heavy (non-hydrogen) atoms. The van der Waals surface area contributed by atoms with E-state index in [1.54, 1.807) is 0 Å². The van der Waals surface area contributed by atoms with Crippen molar-refractivity contribution in [2.24, 2.45) is 0 Å². The Kier molecular flexibility index (Phi) is 4.24. The van der Waals surface area contributed by atoms with Crippen LogP contribution in [0.2, 0.25) is 0 Å². The van der Waals surface area contributed by atoms with Gasteiger partial charge in [0.1, 0.15) is 0 Å². The predicted octanol–water partition coefficient (Wildman–Crippen LogP) is 1.15. The van der Waals surface area contributed by atoms with Gasteiger partial charge in [-0.2, -0.15) is 0 Å². The number of rotatable bonds is 2. The van der Waals surface area contributed by atoms with E-state index in [0.29, 0.717) is 13.0 Å². The number of amides is 1. The zero-order valence-corrected chi connectivity index (χ0v) is 8.71. The van der Waals surface area contributed by atoms with Crippen molar-refractivity contribution >= 4 is 11.6 Å². The summed E-state index contributed by atoms with van der Waals surface area (Å²) in [5.41, 5.74) is 7.21. The largest absolute Gasteiger partial charge is 0.399 e. The third-order valence-electron chi connectivity index (χ3n) is 1.77. The molecule has 1 aromatic carbocycles. The first-order valence-corrected chi connectivity index (χ1v) is 4.77. The van der Waals surface area contributed by atoms with Crippen LogP contribution in [0.1, 0.15) is 18.9 Å². The van der Waals surface area contributed by atoms with Crippen LogP contribution in [0.25, 0.3) is 0 Å². The molecule has 0 saturated carbocycles. The van der Waals surface area contributed by atoms with Crippen molar-refractivity contribution in [1.29, 1.82) is 0 Å². The monoisotopic (exact) mass is 202 g/mol. The number of nitrogens with two attached hydrogens (primary N) is 1. The Balaban J connectivity index is 2.38. The van der Waals surface area contributed by atoms with E-state index in [9.17, 15) is 4.79 Å². The Morgan fingerprint density at radius 3 is 2.67 bits per heavy atom. The molecule has 0 aliphatic rings. The Bertz CT molecular complexity index is 384. The maximum absolute atomic E-state index is 10.5. The van der Waals surface area contributed by atoms with Gasteiger partial charge in [0.2, 0.25) is 5.91 Å². The number of carbonyl (C=O) groups excluding carboxylic acids is 1. The van der Waals surface area contributed by atoms with Crippen molar-refractivity contribution < 1.29 is 4.79 Å². The molecule has 0 aromatic heterocycles. The lowest BCUT2D eigenvalue weighted by molar-refractivity contribution is -0.118. The van der Waals surface area contributed by atoms with E-state index >= 15 is 0 Å². The van der Waals surface area contributed by atoms with Gasteiger partial charge < -0.3 is 11.1 Å². The van der Waals surface area contributed by atoms with Crippen molar-refractivity contribution in [3.63, 3.8) is 0 Å². The third-order valence-corrected chi connectivity index (χ3v) is 1.77. The van der Waals surface area contributed by atoms with Gasteiger partial charge in [-0.15, -0.1) is 0 Å². The van der Waals surface area contributed by atoms with Gasteiger partial charge in [0.15, 0.2) is 0 Å². The molecule has 0 bridgehead atoms. The fourth-order valence-electron chi connectivity index (χ4n) is 1.03. The highest BCUT2D eigenvalue weighted by molar-refractivity contribution is 5.72. The molecule has 0 unspecified atom stereocenters. The molecular weight excluding hydrogens is 188 g/mol. The zero-order chi connectivity index (χ0) is 11.1. The topological polar surface area (TPSA) is 55.1 Å². The predicted molar refractivity (Wildman–Crippen MR) is 61.0 cm³/mol. The van der Waals surface area contributed by atoms with Crippen molar-refractivity contribution in [2.45, 2.75) is 13.3 Å². The van der Waals surface area contributed by atoms with Crippen LogP contribution in [-0.2, 0) is 4.79 Å². The van der Waals surface area contributed by atoms with E-state index in [1.165, 1.54) is 6.92 Å². The maximum Gasteiger partial charge on any atom is 0.216 e. The first-order chi connectivity index (χ1) is 7.18. The van der Waals surface area contributed by atoms with Gasteiger partial charge >= 0.3 is 0 Å². The first-order valence-electron chi connectivity index (χ1n) is 4.77. The SMILES string of the molecule is CC(=O)NCCC#Cc1ccc(N)cc1. The molecule has 0 spiro atoms. The van der Waals surface area contributed by atoms with Gasteiger partial charge in [0.25, 0.3) is 0 Å². The van der Waals surface area contributed by atoms with E-state index in [2.05, 4.69) is 17.2 Å². The molecule has 1 rings (SSSR count). The lowest BCUT2D eigenvalue weighted by atomic mass is 10.2. The maximum atomic E-state index is 10.5. The van der Waals surface area contributed by atoms with E-state index in [-0.39, 0.29) is 5.91 Å². The molecule has 3 N–H and O–H groups in total. The molecule has 0 fully saturated rings. The van der Waals surface area contributed by atoms with Crippen LogP contribution >= 0.6 is 0 Å². The molecule has 3 heteroatoms. The highest BCUT2D eigenvalue weighted by Crippen LogP contribution is 2.03. The average molecular weight is 202 g/mol. The van der Waals surface area contributed by atoms with E-state index in [1.807, 2.05) is 24.3 Å². The number of anilines is 1. The standard InChI is InChI=1S/C12H14N2O/c1-10(15)14-9-3-2-4-11-5-7-12(13)8-6-11/h5-8H,3,9,13H2,1H3,(H,14,15). The summed E-state index contributed by atoms with van der Waals surface area (Å²) in [6.07, 6.45) is 0.657. The fourth-order valence-corrected chi connectivity index (χ4v) is 1.03. The molecule has 1 aromatic rings. The second kappa shape index (κ2) is 5.71. The molecule has 0 atom stereocenters. The van der Waals surface area contributed by atoms with Crippen LogP contribution in [0, 0.1) is 11.8 Å². The van der Waals surface area contributed by atoms with E-state index < -0.39 is 0 Å². The number of nitrogens with one attached hydrogen (secondary N) is 1. The molecular formula is C12H14N2O. The van der Waals surface area contributed by atoms with Crippen molar-refractivity contribution in [3.05, 3.63) is 29.8 Å². The summed E-state index contributed by atoms with van der Waals surface area (Å²) in [4.78, 5) is 10.5. The normalized spacial score (nSPS) is 8.87. The van der Waals surface area contributed by atoms with Crippen LogP contribution in [0.5, 0.6) is 0 Å². The van der Waals surface area contributed by atoms with Crippen LogP contribution in [0.15, 0.2) is 24.3 Å². The van der Waals surface area contributed by atoms with E-state index in [4.69, 9.17) is 5.73 Å². The van der Waals surface area contributed by atoms with Gasteiger partial charge in [-0.3, -0.25) is 4.79 Å². The zero-order valence-electron chi connectivity index (χ0n) is 8.71. The summed E-state index contributed by atoms with van der Waals surface area (Å²) in [5, 5.41) is 2.68. The van der Waals surface area contributed by atoms with E-state index in [0.717, 1.165) is 11.3 Å². The number of hydrogen-bond donors (Lipinski definition) is 2. The van der Waals surface area contributed by atoms with Gasteiger partial charge in [-0.1, -0.05) is 11.8 Å². The van der Waals surface area contributed by atoms with Gasteiger partial charge in [-0.05, 0) is 24.3 Å². The molecule has 1 amide bonds. The van der Waals surface area contributed by atoms with Crippen LogP contribution in [-0.4, -0.2) is 12.5 Å². The van der Waals surface area contributed by atoms with Gasteiger partial charge in [0.05, 0.1) is 0 Å². The Labute approximate surface area is 89.7 Å². The minimum Gasteiger partial charge on any atom is -0.399 e. The van der Waals surface area contributed by atoms with Crippen molar-refractivity contribution in [3.8, 4) is 11.8 Å². The average Bonchev–Trinajstić information content (AvgIpc) is 2.20. The summed E-state index contributed by atoms with van der Waals surface area (Å²) < 4.78 is 0. The molecule has 0 saturated heterocycles. The minimum absolute atomic E-state index is 0.0238. The second-order valence-corrected chi connectivity index (χ2v) is 3.16. The summed E-state index contributed by atoms with van der Waals surface area (Å²) >= 11 is 0. The van der Waals surface area contributed by atoms with Crippen molar-refractivity contribution in [2.75, 3.05) is 12.3 Å². The highest BCUT2D eigenvalue weighted by Gasteiger charge is 1.87. The van der Waals surface area contributed by atoms with Crippen LogP contribution in [0.4, 0.5) is 5.69 Å². The summed E-state index contributed by atoms with van der Waals surface area (Å²) in [5.74, 6) is 5.94. The second-order valence-electron chi connectivity index (χ2n) is 3.16. The Morgan fingerprint density at radius 1 is 1.40 bits per heavy atom. The number of benzene rings is 1. The molecule has 78 valence electrons. The summed E-state index contributed by atoms with van der Waals surface area (Å²) in [6, 6.07) is 7.39. The lowest BCUT2D eigenvalue weighted by Crippen LogP contribution is -2.20. The van der Waals surface area contributed by atoms with Crippen LogP contribution < -0.4 is 11.1 Å². The number of hydrogen-bond acceptors (Lipinski definition) is 2. The van der Waals surface area contributed by atoms with Gasteiger partial charge in [0, 0.05) is 31.1 Å². The first kappa shape index (κ1) is 11.1. The molecule has 0 radical (unpaired) electrons. The lowest BCUT2D eigenvalue weighted by Gasteiger charge is -1.95. The Hall–Kier alpha value is -1.95.